The van der Waals surface area contributed by atoms with Crippen LogP contribution < -0.4 is 0 Å². The minimum atomic E-state index is -0.937. The summed E-state index contributed by atoms with van der Waals surface area (Å²) >= 11 is 0. The molecule has 0 N–H and O–H groups in total. The van der Waals surface area contributed by atoms with Gasteiger partial charge in [-0.1, -0.05) is 30.3 Å². The van der Waals surface area contributed by atoms with Crippen molar-refractivity contribution in [2.75, 3.05) is 13.1 Å². The molecule has 3 heterocycles. The zero-order chi connectivity index (χ0) is 19.0. The second-order valence-corrected chi connectivity index (χ2v) is 6.54. The quantitative estimate of drug-likeness (QED) is 0.699. The van der Waals surface area contributed by atoms with Crippen molar-refractivity contribution in [3.63, 3.8) is 0 Å². The molecule has 138 valence electrons. The Morgan fingerprint density at radius 2 is 1.85 bits per heavy atom. The fourth-order valence-electron chi connectivity index (χ4n) is 3.53. The first-order valence-electron chi connectivity index (χ1n) is 8.75. The van der Waals surface area contributed by atoms with Gasteiger partial charge in [0.2, 0.25) is 0 Å². The molecule has 0 spiro atoms. The number of fused-ring (bicyclic) bond motifs is 1. The van der Waals surface area contributed by atoms with Gasteiger partial charge in [0, 0.05) is 49.4 Å². The number of carbonyl (C=O) groups is 1. The Labute approximate surface area is 155 Å². The van der Waals surface area contributed by atoms with Crippen LogP contribution in [0.1, 0.15) is 21.7 Å². The number of hydrogen-bond acceptors (Lipinski definition) is 3. The van der Waals surface area contributed by atoms with Gasteiger partial charge in [-0.3, -0.25) is 9.48 Å². The van der Waals surface area contributed by atoms with E-state index >= 15 is 0 Å². The Kier molecular flexibility index (Phi) is 4.43. The third-order valence-electron chi connectivity index (χ3n) is 4.87. The van der Waals surface area contributed by atoms with Crippen LogP contribution in [0, 0.1) is 11.6 Å². The van der Waals surface area contributed by atoms with E-state index in [1.54, 1.807) is 4.90 Å². The molecular weight excluding hydrogens is 350 g/mol. The fraction of sp³-hybridized carbons (Fsp3) is 0.250. The Morgan fingerprint density at radius 3 is 2.59 bits per heavy atom. The molecule has 2 aromatic heterocycles. The largest absolute Gasteiger partial charge is 0.336 e. The first kappa shape index (κ1) is 17.3. The van der Waals surface area contributed by atoms with Crippen molar-refractivity contribution in [3.05, 3.63) is 71.2 Å². The van der Waals surface area contributed by atoms with E-state index in [1.165, 1.54) is 0 Å². The SMILES string of the molecule is Cn1nc(-c2ccccc2)c2c1CCN(C(=O)c1ncc(F)cc1F)CC2. The molecule has 7 heteroatoms. The predicted molar refractivity (Wildman–Crippen MR) is 96.1 cm³/mol. The maximum Gasteiger partial charge on any atom is 0.275 e. The lowest BCUT2D eigenvalue weighted by Crippen LogP contribution is -2.34. The maximum absolute atomic E-state index is 13.9. The van der Waals surface area contributed by atoms with Gasteiger partial charge in [0.05, 0.1) is 11.9 Å². The number of hydrogen-bond donors (Lipinski definition) is 0. The number of halogens is 2. The summed E-state index contributed by atoms with van der Waals surface area (Å²) < 4.78 is 28.9. The second kappa shape index (κ2) is 6.90. The number of nitrogens with zero attached hydrogens (tertiary/aromatic N) is 4. The highest BCUT2D eigenvalue weighted by Gasteiger charge is 2.27. The minimum absolute atomic E-state index is 0.344. The zero-order valence-electron chi connectivity index (χ0n) is 14.8. The fourth-order valence-corrected chi connectivity index (χ4v) is 3.53. The highest BCUT2D eigenvalue weighted by molar-refractivity contribution is 5.92. The van der Waals surface area contributed by atoms with E-state index < -0.39 is 17.5 Å². The summed E-state index contributed by atoms with van der Waals surface area (Å²) in [5.74, 6) is -2.26. The normalized spacial score (nSPS) is 14.0. The molecular formula is C20H18F2N4O. The first-order valence-corrected chi connectivity index (χ1v) is 8.75. The molecule has 0 atom stereocenters. The van der Waals surface area contributed by atoms with Crippen molar-refractivity contribution >= 4 is 5.91 Å². The maximum atomic E-state index is 13.9. The molecule has 1 amide bonds. The summed E-state index contributed by atoms with van der Waals surface area (Å²) in [5, 5.41) is 4.66. The van der Waals surface area contributed by atoms with E-state index in [0.717, 1.165) is 28.7 Å². The number of carbonyl (C=O) groups excluding carboxylic acids is 1. The van der Waals surface area contributed by atoms with Crippen LogP contribution in [0.5, 0.6) is 0 Å². The van der Waals surface area contributed by atoms with Crippen LogP contribution in [0.2, 0.25) is 0 Å². The van der Waals surface area contributed by atoms with Crippen molar-refractivity contribution in [2.45, 2.75) is 12.8 Å². The van der Waals surface area contributed by atoms with E-state index in [1.807, 2.05) is 42.1 Å². The molecule has 4 rings (SSSR count). The van der Waals surface area contributed by atoms with Crippen LogP contribution in [-0.4, -0.2) is 38.7 Å². The van der Waals surface area contributed by atoms with Crippen LogP contribution in [0.4, 0.5) is 8.78 Å². The van der Waals surface area contributed by atoms with Gasteiger partial charge < -0.3 is 4.90 Å². The molecule has 0 unspecified atom stereocenters. The average molecular weight is 368 g/mol. The van der Waals surface area contributed by atoms with Crippen molar-refractivity contribution in [1.29, 1.82) is 0 Å². The summed E-state index contributed by atoms with van der Waals surface area (Å²) in [6.45, 7) is 0.855. The third-order valence-corrected chi connectivity index (χ3v) is 4.87. The number of amides is 1. The van der Waals surface area contributed by atoms with Gasteiger partial charge in [0.15, 0.2) is 11.5 Å². The number of aryl methyl sites for hydroxylation is 1. The van der Waals surface area contributed by atoms with Gasteiger partial charge in [-0.15, -0.1) is 0 Å². The summed E-state index contributed by atoms with van der Waals surface area (Å²) in [7, 11) is 1.89. The summed E-state index contributed by atoms with van der Waals surface area (Å²) in [4.78, 5) is 17.9. The number of pyridine rings is 1. The van der Waals surface area contributed by atoms with Gasteiger partial charge in [-0.05, 0) is 6.42 Å². The zero-order valence-corrected chi connectivity index (χ0v) is 14.8. The second-order valence-electron chi connectivity index (χ2n) is 6.54. The van der Waals surface area contributed by atoms with Gasteiger partial charge >= 0.3 is 0 Å². The van der Waals surface area contributed by atoms with Crippen molar-refractivity contribution in [3.8, 4) is 11.3 Å². The van der Waals surface area contributed by atoms with Gasteiger partial charge in [0.25, 0.3) is 5.91 Å². The summed E-state index contributed by atoms with van der Waals surface area (Å²) in [6.07, 6.45) is 2.09. The predicted octanol–water partition coefficient (Wildman–Crippen LogP) is 3.00. The van der Waals surface area contributed by atoms with Gasteiger partial charge in [-0.2, -0.15) is 5.10 Å². The average Bonchev–Trinajstić information content (AvgIpc) is 2.84. The standard InChI is InChI=1S/C20H18F2N4O/c1-25-17-8-10-26(20(27)19-16(22)11-14(21)12-23-19)9-7-15(17)18(24-25)13-5-3-2-4-6-13/h2-6,11-12H,7-10H2,1H3. The first-order chi connectivity index (χ1) is 13.0. The van der Waals surface area contributed by atoms with E-state index in [4.69, 9.17) is 0 Å². The number of aromatic nitrogens is 3. The van der Waals surface area contributed by atoms with Gasteiger partial charge in [0.1, 0.15) is 5.82 Å². The molecule has 1 aliphatic heterocycles. The van der Waals surface area contributed by atoms with Crippen LogP contribution in [0.3, 0.4) is 0 Å². The summed E-state index contributed by atoms with van der Waals surface area (Å²) in [5.41, 5.74) is 3.76. The molecule has 1 aliphatic rings. The smallest absolute Gasteiger partial charge is 0.275 e. The monoisotopic (exact) mass is 368 g/mol. The third kappa shape index (κ3) is 3.20. The van der Waals surface area contributed by atoms with Crippen molar-refractivity contribution < 1.29 is 13.6 Å². The Hall–Kier alpha value is -3.09. The van der Waals surface area contributed by atoms with Crippen LogP contribution in [-0.2, 0) is 19.9 Å². The van der Waals surface area contributed by atoms with E-state index in [-0.39, 0.29) is 5.69 Å². The number of benzene rings is 1. The Morgan fingerprint density at radius 1 is 1.11 bits per heavy atom. The molecule has 0 fully saturated rings. The molecule has 0 aliphatic carbocycles. The van der Waals surface area contributed by atoms with Gasteiger partial charge in [-0.25, -0.2) is 13.8 Å². The topological polar surface area (TPSA) is 51.0 Å². The molecule has 1 aromatic carbocycles. The molecule has 5 nitrogen and oxygen atoms in total. The Balaban J connectivity index is 1.61. The molecule has 3 aromatic rings. The van der Waals surface area contributed by atoms with Crippen LogP contribution in [0.25, 0.3) is 11.3 Å². The van der Waals surface area contributed by atoms with E-state index in [2.05, 4.69) is 10.1 Å². The van der Waals surface area contributed by atoms with Crippen molar-refractivity contribution in [2.24, 2.45) is 7.05 Å². The lowest BCUT2D eigenvalue weighted by Gasteiger charge is -2.20. The Bertz CT molecular complexity index is 1000. The van der Waals surface area contributed by atoms with E-state index in [9.17, 15) is 13.6 Å². The minimum Gasteiger partial charge on any atom is -0.336 e. The highest BCUT2D eigenvalue weighted by Crippen LogP contribution is 2.28. The highest BCUT2D eigenvalue weighted by atomic mass is 19.1. The summed E-state index contributed by atoms with van der Waals surface area (Å²) in [6, 6.07) is 10.6. The molecule has 0 saturated carbocycles. The lowest BCUT2D eigenvalue weighted by atomic mass is 10.0. The lowest BCUT2D eigenvalue weighted by molar-refractivity contribution is 0.0751. The van der Waals surface area contributed by atoms with Crippen molar-refractivity contribution in [1.82, 2.24) is 19.7 Å². The molecule has 0 radical (unpaired) electrons. The molecule has 27 heavy (non-hydrogen) atoms. The molecule has 0 saturated heterocycles. The van der Waals surface area contributed by atoms with Crippen LogP contribution in [0.15, 0.2) is 42.6 Å². The van der Waals surface area contributed by atoms with Crippen LogP contribution >= 0.6 is 0 Å². The van der Waals surface area contributed by atoms with E-state index in [0.29, 0.717) is 32.0 Å². The molecule has 0 bridgehead atoms. The number of rotatable bonds is 2.